The van der Waals surface area contributed by atoms with Crippen LogP contribution in [0, 0.1) is 6.92 Å². The number of aryl methyl sites for hydroxylation is 1. The summed E-state index contributed by atoms with van der Waals surface area (Å²) in [6, 6.07) is 7.96. The average Bonchev–Trinajstić information content (AvgIpc) is 3.33. The third-order valence-electron chi connectivity index (χ3n) is 6.17. The van der Waals surface area contributed by atoms with Gasteiger partial charge < -0.3 is 10.5 Å². The first-order valence-corrected chi connectivity index (χ1v) is 13.3. The molecule has 9 heteroatoms. The summed E-state index contributed by atoms with van der Waals surface area (Å²) in [6.07, 6.45) is 11.6. The number of benzene rings is 1. The third-order valence-corrected chi connectivity index (χ3v) is 7.48. The number of quaternary nitrogens is 1. The predicted molar refractivity (Wildman–Crippen MR) is 135 cm³/mol. The van der Waals surface area contributed by atoms with Crippen LogP contribution in [0.25, 0.3) is 10.8 Å². The first-order chi connectivity index (χ1) is 16.3. The average molecular weight is 483 g/mol. The lowest BCUT2D eigenvalue weighted by atomic mass is 10.0. The fourth-order valence-electron chi connectivity index (χ4n) is 4.33. The lowest BCUT2D eigenvalue weighted by molar-refractivity contribution is -0.521. The van der Waals surface area contributed by atoms with E-state index in [0.29, 0.717) is 31.8 Å². The highest BCUT2D eigenvalue weighted by Gasteiger charge is 2.27. The molecule has 3 heterocycles. The lowest BCUT2D eigenvalue weighted by Crippen LogP contribution is -2.75. The number of nitrogens with zero attached hydrogens (tertiary/aromatic N) is 3. The maximum absolute atomic E-state index is 11.9. The molecular weight excluding hydrogens is 450 g/mol. The Kier molecular flexibility index (Phi) is 7.16. The van der Waals surface area contributed by atoms with E-state index in [1.54, 1.807) is 6.08 Å². The number of ether oxygens (including phenoxy) is 1. The highest BCUT2D eigenvalue weighted by Crippen LogP contribution is 2.32. The van der Waals surface area contributed by atoms with E-state index >= 15 is 0 Å². The number of nitrogens with two attached hydrogens (primary N) is 2. The quantitative estimate of drug-likeness (QED) is 0.588. The van der Waals surface area contributed by atoms with E-state index < -0.39 is 10.0 Å². The van der Waals surface area contributed by atoms with Gasteiger partial charge in [-0.15, -0.1) is 0 Å². The van der Waals surface area contributed by atoms with Crippen LogP contribution >= 0.6 is 0 Å². The number of pyridine rings is 1. The van der Waals surface area contributed by atoms with E-state index in [4.69, 9.17) is 20.4 Å². The van der Waals surface area contributed by atoms with Gasteiger partial charge in [0, 0.05) is 24.6 Å². The van der Waals surface area contributed by atoms with Gasteiger partial charge in [0.1, 0.15) is 11.8 Å². The number of aliphatic imine (C=N–C) groups is 1. The van der Waals surface area contributed by atoms with Gasteiger partial charge >= 0.3 is 0 Å². The molecule has 2 aliphatic rings. The maximum atomic E-state index is 11.9. The Morgan fingerprint density at radius 2 is 2.12 bits per heavy atom. The molecule has 0 radical (unpaired) electrons. The fraction of sp³-hybridized carbons (Fsp3) is 0.360. The van der Waals surface area contributed by atoms with E-state index in [1.807, 2.05) is 49.6 Å². The highest BCUT2D eigenvalue weighted by atomic mass is 32.2. The molecule has 34 heavy (non-hydrogen) atoms. The minimum Gasteiger partial charge on any atom is -0.474 e. The molecular formula is C25H32N5O3S+. The normalized spacial score (nSPS) is 19.1. The molecule has 1 fully saturated rings. The number of aromatic nitrogens is 1. The molecule has 1 aromatic heterocycles. The summed E-state index contributed by atoms with van der Waals surface area (Å²) in [4.78, 5) is 9.79. The first kappa shape index (κ1) is 24.1. The number of sulfonamides is 1. The van der Waals surface area contributed by atoms with Gasteiger partial charge in [0.2, 0.25) is 15.9 Å². The van der Waals surface area contributed by atoms with Crippen LogP contribution in [-0.2, 0) is 10.0 Å². The number of rotatable bonds is 7. The van der Waals surface area contributed by atoms with Gasteiger partial charge in [0.25, 0.3) is 0 Å². The molecule has 0 spiro atoms. The van der Waals surface area contributed by atoms with Gasteiger partial charge in [-0.1, -0.05) is 18.2 Å². The van der Waals surface area contributed by atoms with Crippen molar-refractivity contribution in [2.24, 2.45) is 10.7 Å². The van der Waals surface area contributed by atoms with Crippen LogP contribution in [0.1, 0.15) is 37.1 Å². The van der Waals surface area contributed by atoms with E-state index in [0.717, 1.165) is 33.4 Å². The van der Waals surface area contributed by atoms with Crippen LogP contribution in [-0.4, -0.2) is 48.9 Å². The molecule has 1 unspecified atom stereocenters. The topological polar surface area (TPSA) is 114 Å². The minimum atomic E-state index is -3.18. The fourth-order valence-corrected chi connectivity index (χ4v) is 5.20. The van der Waals surface area contributed by atoms with E-state index in [1.165, 1.54) is 16.8 Å². The highest BCUT2D eigenvalue weighted by molar-refractivity contribution is 7.88. The van der Waals surface area contributed by atoms with Crippen LogP contribution in [0.5, 0.6) is 5.88 Å². The van der Waals surface area contributed by atoms with Gasteiger partial charge in [0.15, 0.2) is 5.70 Å². The smallest absolute Gasteiger partial charge is 0.222 e. The van der Waals surface area contributed by atoms with Crippen molar-refractivity contribution in [1.82, 2.24) is 9.29 Å². The van der Waals surface area contributed by atoms with Crippen molar-refractivity contribution in [3.8, 4) is 5.88 Å². The molecule has 180 valence electrons. The van der Waals surface area contributed by atoms with Crippen molar-refractivity contribution in [3.05, 3.63) is 71.8 Å². The molecule has 4 N–H and O–H groups in total. The van der Waals surface area contributed by atoms with E-state index in [9.17, 15) is 8.42 Å². The Bertz CT molecular complexity index is 1290. The molecule has 1 saturated heterocycles. The standard InChI is InChI=1S/C25H31N5O3S/c1-17-6-4-7-19-16-23(18(2)28-22(9-12-26)21-8-5-13-27-21)29-25(24(17)19)33-20-10-14-30(15-11-20)34(3,31)32/h4-9,12-13,16,18,20,27H,10-11,14-15,26H2,1-3H3/p+1. The summed E-state index contributed by atoms with van der Waals surface area (Å²) < 4.78 is 31.6. The summed E-state index contributed by atoms with van der Waals surface area (Å²) in [5, 5.41) is 4.02. The lowest BCUT2D eigenvalue weighted by Gasteiger charge is -2.30. The second-order valence-corrected chi connectivity index (χ2v) is 10.7. The van der Waals surface area contributed by atoms with Gasteiger partial charge in [-0.3, -0.25) is 10.3 Å². The van der Waals surface area contributed by atoms with Gasteiger partial charge in [0.05, 0.1) is 24.2 Å². The largest absolute Gasteiger partial charge is 0.474 e. The zero-order chi connectivity index (χ0) is 24.3. The second kappa shape index (κ2) is 10.1. The molecule has 8 nitrogen and oxygen atoms in total. The van der Waals surface area contributed by atoms with Crippen molar-refractivity contribution in [1.29, 1.82) is 0 Å². The monoisotopic (exact) mass is 482 g/mol. The number of fused-ring (bicyclic) bond motifs is 1. The molecule has 2 aromatic rings. The number of piperidine rings is 1. The first-order valence-electron chi connectivity index (χ1n) is 11.5. The molecule has 4 rings (SSSR count). The Labute approximate surface area is 201 Å². The zero-order valence-electron chi connectivity index (χ0n) is 19.8. The summed E-state index contributed by atoms with van der Waals surface area (Å²) >= 11 is 0. The molecule has 1 atom stereocenters. The SMILES string of the molecule is Cc1cccc2cc(C(C)N=C(C=CN)C3=CC=C[NH2+]3)nc(OC3CCN(S(C)(=O)=O)CC3)c12. The number of hydrogen-bond donors (Lipinski definition) is 2. The second-order valence-electron chi connectivity index (χ2n) is 8.73. The molecule has 2 aliphatic heterocycles. The van der Waals surface area contributed by atoms with Crippen LogP contribution in [0.3, 0.4) is 0 Å². The molecule has 0 aliphatic carbocycles. The van der Waals surface area contributed by atoms with Crippen LogP contribution < -0.4 is 15.8 Å². The van der Waals surface area contributed by atoms with Crippen molar-refractivity contribution < 1.29 is 18.5 Å². The minimum absolute atomic E-state index is 0.0950. The van der Waals surface area contributed by atoms with Gasteiger partial charge in [-0.25, -0.2) is 17.7 Å². The van der Waals surface area contributed by atoms with E-state index in [-0.39, 0.29) is 12.1 Å². The molecule has 0 bridgehead atoms. The summed E-state index contributed by atoms with van der Waals surface area (Å²) in [5.41, 5.74) is 9.35. The van der Waals surface area contributed by atoms with Gasteiger partial charge in [-0.05, 0) is 62.1 Å². The Balaban J connectivity index is 1.65. The summed E-state index contributed by atoms with van der Waals surface area (Å²) in [5.74, 6) is 0.578. The van der Waals surface area contributed by atoms with Crippen molar-refractivity contribution in [2.75, 3.05) is 19.3 Å². The van der Waals surface area contributed by atoms with E-state index in [2.05, 4.69) is 12.1 Å². The Morgan fingerprint density at radius 3 is 2.76 bits per heavy atom. The van der Waals surface area contributed by atoms with Crippen molar-refractivity contribution >= 4 is 26.5 Å². The van der Waals surface area contributed by atoms with Crippen LogP contribution in [0.2, 0.25) is 0 Å². The number of allylic oxidation sites excluding steroid dienone is 3. The van der Waals surface area contributed by atoms with Crippen molar-refractivity contribution in [2.45, 2.75) is 38.8 Å². The molecule has 0 amide bonds. The number of hydrogen-bond acceptors (Lipinski definition) is 6. The third kappa shape index (κ3) is 5.38. The van der Waals surface area contributed by atoms with Gasteiger partial charge in [-0.2, -0.15) is 0 Å². The van der Waals surface area contributed by atoms with Crippen LogP contribution in [0.15, 0.2) is 65.6 Å². The molecule has 0 saturated carbocycles. The predicted octanol–water partition coefficient (Wildman–Crippen LogP) is 2.30. The maximum Gasteiger partial charge on any atom is 0.222 e. The van der Waals surface area contributed by atoms with Crippen LogP contribution in [0.4, 0.5) is 0 Å². The zero-order valence-corrected chi connectivity index (χ0v) is 20.6. The molecule has 1 aromatic carbocycles. The van der Waals surface area contributed by atoms with Crippen molar-refractivity contribution in [3.63, 3.8) is 0 Å². The summed E-state index contributed by atoms with van der Waals surface area (Å²) in [6.45, 7) is 4.96. The Morgan fingerprint density at radius 1 is 1.35 bits per heavy atom. The summed E-state index contributed by atoms with van der Waals surface area (Å²) in [7, 11) is -3.18. The Hall–Kier alpha value is -3.01.